The van der Waals surface area contributed by atoms with Crippen LogP contribution >= 0.6 is 0 Å². The highest BCUT2D eigenvalue weighted by atomic mass is 16.4. The molecule has 0 bridgehead atoms. The summed E-state index contributed by atoms with van der Waals surface area (Å²) in [4.78, 5) is 22.5. The van der Waals surface area contributed by atoms with Gasteiger partial charge in [-0.25, -0.2) is 0 Å². The fraction of sp³-hybridized carbons (Fsp3) is 0.667. The Kier molecular flexibility index (Phi) is 5.51. The van der Waals surface area contributed by atoms with Gasteiger partial charge >= 0.3 is 0 Å². The van der Waals surface area contributed by atoms with Crippen LogP contribution in [0.3, 0.4) is 0 Å². The van der Waals surface area contributed by atoms with Gasteiger partial charge in [0.15, 0.2) is 11.4 Å². The first kappa shape index (κ1) is 15.8. The Balaban J connectivity index is 4.88. The third-order valence-corrected chi connectivity index (χ3v) is 2.27. The fourth-order valence-electron chi connectivity index (χ4n) is 1.73. The van der Waals surface area contributed by atoms with E-state index < -0.39 is 23.8 Å². The Morgan fingerprint density at radius 3 is 2.29 bits per heavy atom. The Labute approximate surface area is 102 Å². The topological polar surface area (TPSA) is 77.4 Å². The van der Waals surface area contributed by atoms with Gasteiger partial charge in [-0.1, -0.05) is 6.08 Å². The summed E-state index contributed by atoms with van der Waals surface area (Å²) in [6, 6.07) is 0. The lowest BCUT2D eigenvalue weighted by molar-refractivity contribution is -0.875. The lowest BCUT2D eigenvalue weighted by Gasteiger charge is -2.34. The Hall–Kier alpha value is -1.20. The van der Waals surface area contributed by atoms with Crippen molar-refractivity contribution in [1.82, 2.24) is 0 Å². The number of nitrogens with zero attached hydrogens (tertiary/aromatic N) is 1. The predicted octanol–water partition coefficient (Wildman–Crippen LogP) is -0.901. The molecule has 0 aromatic rings. The average Bonchev–Trinajstić information content (AvgIpc) is 2.09. The maximum absolute atomic E-state index is 11.8. The van der Waals surface area contributed by atoms with Crippen LogP contribution in [-0.4, -0.2) is 54.6 Å². The minimum Gasteiger partial charge on any atom is -0.550 e. The van der Waals surface area contributed by atoms with E-state index in [1.54, 1.807) is 27.2 Å². The smallest absolute Gasteiger partial charge is 0.177 e. The maximum Gasteiger partial charge on any atom is 0.177 e. The van der Waals surface area contributed by atoms with Gasteiger partial charge in [0.2, 0.25) is 0 Å². The van der Waals surface area contributed by atoms with Crippen LogP contribution < -0.4 is 5.11 Å². The Morgan fingerprint density at radius 1 is 1.41 bits per heavy atom. The molecule has 5 nitrogen and oxygen atoms in total. The van der Waals surface area contributed by atoms with E-state index in [0.29, 0.717) is 10.9 Å². The molecular weight excluding hydrogens is 222 g/mol. The summed E-state index contributed by atoms with van der Waals surface area (Å²) in [7, 11) is 5.34. The standard InChI is InChI=1S/C12H21NO4/c1-5-6-7-10(14)12(17,8-11(15)16)9-13(2,3)4/h5,17H,1,6-9H2,2-4H3/t12-/m1/s1. The molecule has 0 aliphatic carbocycles. The number of quaternary nitrogens is 1. The number of carboxylic acids is 1. The SMILES string of the molecule is C=CCCC(=O)[C@@](O)(CC(=O)[O-])C[N+](C)(C)C. The number of allylic oxidation sites excluding steroid dienone is 1. The quantitative estimate of drug-likeness (QED) is 0.442. The van der Waals surface area contributed by atoms with Crippen molar-refractivity contribution >= 4 is 11.8 Å². The predicted molar refractivity (Wildman–Crippen MR) is 61.9 cm³/mol. The van der Waals surface area contributed by atoms with Crippen molar-refractivity contribution in [2.24, 2.45) is 0 Å². The van der Waals surface area contributed by atoms with E-state index in [1.807, 2.05) is 0 Å². The number of hydrogen-bond donors (Lipinski definition) is 1. The summed E-state index contributed by atoms with van der Waals surface area (Å²) in [5.74, 6) is -1.90. The first-order chi connectivity index (χ1) is 7.60. The zero-order chi connectivity index (χ0) is 13.7. The number of ketones is 1. The Bertz CT molecular complexity index is 306. The maximum atomic E-state index is 11.8. The van der Waals surface area contributed by atoms with Crippen molar-refractivity contribution in [3.8, 4) is 0 Å². The number of carboxylic acid groups (broad SMARTS) is 1. The lowest BCUT2D eigenvalue weighted by atomic mass is 9.90. The molecule has 0 aliphatic rings. The van der Waals surface area contributed by atoms with Gasteiger partial charge in [-0.15, -0.1) is 6.58 Å². The van der Waals surface area contributed by atoms with Gasteiger partial charge in [0.25, 0.3) is 0 Å². The van der Waals surface area contributed by atoms with E-state index in [-0.39, 0.29) is 13.0 Å². The van der Waals surface area contributed by atoms with E-state index in [9.17, 15) is 19.8 Å². The highest BCUT2D eigenvalue weighted by Crippen LogP contribution is 2.18. The molecule has 1 atom stereocenters. The van der Waals surface area contributed by atoms with Crippen molar-refractivity contribution < 1.29 is 24.3 Å². The van der Waals surface area contributed by atoms with Gasteiger partial charge in [0, 0.05) is 18.8 Å². The van der Waals surface area contributed by atoms with Crippen LogP contribution in [0.15, 0.2) is 12.7 Å². The highest BCUT2D eigenvalue weighted by Gasteiger charge is 2.40. The van der Waals surface area contributed by atoms with E-state index in [2.05, 4.69) is 6.58 Å². The van der Waals surface area contributed by atoms with Crippen LogP contribution in [0.25, 0.3) is 0 Å². The zero-order valence-corrected chi connectivity index (χ0v) is 10.7. The van der Waals surface area contributed by atoms with Crippen molar-refractivity contribution in [3.63, 3.8) is 0 Å². The number of rotatable bonds is 8. The molecule has 0 saturated heterocycles. The second-order valence-electron chi connectivity index (χ2n) is 5.28. The van der Waals surface area contributed by atoms with Gasteiger partial charge in [0.1, 0.15) is 6.54 Å². The molecule has 0 spiro atoms. The van der Waals surface area contributed by atoms with E-state index >= 15 is 0 Å². The summed E-state index contributed by atoms with van der Waals surface area (Å²) in [6.07, 6.45) is 1.40. The zero-order valence-electron chi connectivity index (χ0n) is 10.7. The molecule has 17 heavy (non-hydrogen) atoms. The average molecular weight is 243 g/mol. The number of Topliss-reactive ketones (excluding diaryl/α,β-unsaturated/α-hetero) is 1. The van der Waals surface area contributed by atoms with E-state index in [4.69, 9.17) is 0 Å². The summed E-state index contributed by atoms with van der Waals surface area (Å²) < 4.78 is 0.295. The molecule has 0 unspecified atom stereocenters. The number of aliphatic carboxylic acids is 1. The molecule has 0 aliphatic heterocycles. The number of carbonyl (C=O) groups excluding carboxylic acids is 2. The molecular formula is C12H21NO4. The largest absolute Gasteiger partial charge is 0.550 e. The molecule has 5 heteroatoms. The molecule has 98 valence electrons. The molecule has 0 fully saturated rings. The van der Waals surface area contributed by atoms with Crippen LogP contribution in [0.1, 0.15) is 19.3 Å². The normalized spacial score (nSPS) is 15.1. The molecule has 0 heterocycles. The van der Waals surface area contributed by atoms with E-state index in [1.165, 1.54) is 0 Å². The van der Waals surface area contributed by atoms with Crippen molar-refractivity contribution in [2.75, 3.05) is 27.7 Å². The minimum absolute atomic E-state index is 0.0386. The second kappa shape index (κ2) is 5.93. The van der Waals surface area contributed by atoms with Gasteiger partial charge < -0.3 is 19.5 Å². The number of carbonyl (C=O) groups is 2. The molecule has 0 amide bonds. The van der Waals surface area contributed by atoms with Gasteiger partial charge in [-0.3, -0.25) is 4.79 Å². The van der Waals surface area contributed by atoms with Crippen LogP contribution in [-0.2, 0) is 9.59 Å². The van der Waals surface area contributed by atoms with Crippen molar-refractivity contribution in [1.29, 1.82) is 0 Å². The third kappa shape index (κ3) is 6.19. The summed E-state index contributed by atoms with van der Waals surface area (Å²) >= 11 is 0. The number of hydrogen-bond acceptors (Lipinski definition) is 4. The fourth-order valence-corrected chi connectivity index (χ4v) is 1.73. The minimum atomic E-state index is -1.86. The number of likely N-dealkylation sites (N-methyl/N-ethyl adjacent to an activating group) is 1. The summed E-state index contributed by atoms with van der Waals surface area (Å²) in [5.41, 5.74) is -1.86. The summed E-state index contributed by atoms with van der Waals surface area (Å²) in [6.45, 7) is 3.52. The third-order valence-electron chi connectivity index (χ3n) is 2.27. The molecule has 1 N–H and O–H groups in total. The lowest BCUT2D eigenvalue weighted by Crippen LogP contribution is -2.56. The molecule has 0 aromatic heterocycles. The molecule has 0 aromatic carbocycles. The van der Waals surface area contributed by atoms with Crippen LogP contribution in [0, 0.1) is 0 Å². The highest BCUT2D eigenvalue weighted by molar-refractivity contribution is 5.90. The second-order valence-corrected chi connectivity index (χ2v) is 5.28. The van der Waals surface area contributed by atoms with Crippen molar-refractivity contribution in [2.45, 2.75) is 24.9 Å². The van der Waals surface area contributed by atoms with Crippen molar-refractivity contribution in [3.05, 3.63) is 12.7 Å². The van der Waals surface area contributed by atoms with Crippen LogP contribution in [0.5, 0.6) is 0 Å². The number of aliphatic hydroxyl groups is 1. The molecule has 0 radical (unpaired) electrons. The van der Waals surface area contributed by atoms with Crippen LogP contribution in [0.4, 0.5) is 0 Å². The molecule has 0 saturated carbocycles. The van der Waals surface area contributed by atoms with Gasteiger partial charge in [0.05, 0.1) is 21.1 Å². The van der Waals surface area contributed by atoms with E-state index in [0.717, 1.165) is 0 Å². The van der Waals surface area contributed by atoms with Gasteiger partial charge in [-0.2, -0.15) is 0 Å². The first-order valence-corrected chi connectivity index (χ1v) is 5.47. The summed E-state index contributed by atoms with van der Waals surface area (Å²) in [5, 5.41) is 20.8. The Morgan fingerprint density at radius 2 is 1.94 bits per heavy atom. The monoisotopic (exact) mass is 243 g/mol. The molecule has 0 rings (SSSR count). The first-order valence-electron chi connectivity index (χ1n) is 5.47. The van der Waals surface area contributed by atoms with Crippen LogP contribution in [0.2, 0.25) is 0 Å². The van der Waals surface area contributed by atoms with Gasteiger partial charge in [-0.05, 0) is 6.42 Å².